The van der Waals surface area contributed by atoms with Gasteiger partial charge in [-0.1, -0.05) is 13.8 Å². The van der Waals surface area contributed by atoms with Gasteiger partial charge >= 0.3 is 0 Å². The Labute approximate surface area is 77.4 Å². The third kappa shape index (κ3) is 2.29. The zero-order valence-corrected chi connectivity index (χ0v) is 8.56. The molecule has 1 unspecified atom stereocenters. The smallest absolute Gasteiger partial charge is 0.105 e. The van der Waals surface area contributed by atoms with Crippen LogP contribution in [0.25, 0.3) is 0 Å². The largest absolute Gasteiger partial charge is 0.384 e. The maximum Gasteiger partial charge on any atom is 0.105 e. The molecule has 0 spiro atoms. The van der Waals surface area contributed by atoms with Crippen LogP contribution < -0.4 is 0 Å². The highest BCUT2D eigenvalue weighted by Crippen LogP contribution is 2.27. The number of hydrogen-bond acceptors (Lipinski definition) is 3. The van der Waals surface area contributed by atoms with E-state index in [0.717, 1.165) is 12.1 Å². The lowest BCUT2D eigenvalue weighted by molar-refractivity contribution is 0.0315. The number of hydrogen-bond donors (Lipinski definition) is 1. The monoisotopic (exact) mass is 185 g/mol. The Kier molecular flexibility index (Phi) is 2.85. The van der Waals surface area contributed by atoms with Gasteiger partial charge in [0.2, 0.25) is 0 Å². The van der Waals surface area contributed by atoms with E-state index < -0.39 is 5.60 Å². The van der Waals surface area contributed by atoms with E-state index in [0.29, 0.717) is 5.92 Å². The topological polar surface area (TPSA) is 33.1 Å². The number of nitrogens with zero attached hydrogens (tertiary/aromatic N) is 1. The van der Waals surface area contributed by atoms with E-state index in [4.69, 9.17) is 0 Å². The highest BCUT2D eigenvalue weighted by atomic mass is 32.1. The van der Waals surface area contributed by atoms with Crippen LogP contribution in [0.5, 0.6) is 0 Å². The van der Waals surface area contributed by atoms with E-state index in [-0.39, 0.29) is 0 Å². The zero-order valence-electron chi connectivity index (χ0n) is 7.74. The molecular formula is C9H15NOS. The molecular weight excluding hydrogens is 170 g/mol. The van der Waals surface area contributed by atoms with Gasteiger partial charge < -0.3 is 5.11 Å². The van der Waals surface area contributed by atoms with Gasteiger partial charge in [0.15, 0.2) is 0 Å². The number of aromatic nitrogens is 1. The van der Waals surface area contributed by atoms with Crippen molar-refractivity contribution < 1.29 is 5.11 Å². The molecule has 1 atom stereocenters. The van der Waals surface area contributed by atoms with Gasteiger partial charge in [-0.2, -0.15) is 4.37 Å². The molecule has 0 saturated carbocycles. The molecule has 2 nitrogen and oxygen atoms in total. The second kappa shape index (κ2) is 3.54. The average molecular weight is 185 g/mol. The Morgan fingerprint density at radius 1 is 1.67 bits per heavy atom. The van der Waals surface area contributed by atoms with Gasteiger partial charge in [-0.15, -0.1) is 0 Å². The Morgan fingerprint density at radius 2 is 2.33 bits per heavy atom. The third-order valence-electron chi connectivity index (χ3n) is 1.80. The maximum atomic E-state index is 9.99. The lowest BCUT2D eigenvalue weighted by atomic mass is 9.91. The van der Waals surface area contributed by atoms with E-state index in [9.17, 15) is 5.11 Å². The summed E-state index contributed by atoms with van der Waals surface area (Å²) in [6, 6.07) is 1.88. The molecule has 1 aromatic heterocycles. The van der Waals surface area contributed by atoms with Crippen LogP contribution in [-0.4, -0.2) is 9.48 Å². The van der Waals surface area contributed by atoms with Crippen LogP contribution in [-0.2, 0) is 5.60 Å². The molecule has 0 aromatic carbocycles. The van der Waals surface area contributed by atoms with Gasteiger partial charge in [-0.3, -0.25) is 0 Å². The van der Waals surface area contributed by atoms with Crippen molar-refractivity contribution in [2.24, 2.45) is 5.92 Å². The predicted molar refractivity (Wildman–Crippen MR) is 51.1 cm³/mol. The van der Waals surface area contributed by atoms with Gasteiger partial charge in [0.1, 0.15) is 5.60 Å². The molecule has 0 aliphatic heterocycles. The fraction of sp³-hybridized carbons (Fsp3) is 0.667. The summed E-state index contributed by atoms with van der Waals surface area (Å²) in [5.74, 6) is 0.488. The average Bonchev–Trinajstić information content (AvgIpc) is 2.32. The molecule has 0 aliphatic rings. The first-order valence-corrected chi connectivity index (χ1v) is 4.99. The second-order valence-corrected chi connectivity index (χ2v) is 4.42. The molecule has 0 fully saturated rings. The third-order valence-corrected chi connectivity index (χ3v) is 2.36. The lowest BCUT2D eigenvalue weighted by Crippen LogP contribution is -2.23. The van der Waals surface area contributed by atoms with Crippen molar-refractivity contribution in [1.29, 1.82) is 0 Å². The van der Waals surface area contributed by atoms with E-state index in [2.05, 4.69) is 18.2 Å². The minimum Gasteiger partial charge on any atom is -0.384 e. The first kappa shape index (κ1) is 9.68. The highest BCUT2D eigenvalue weighted by Gasteiger charge is 2.25. The molecule has 1 heterocycles. The van der Waals surface area contributed by atoms with Gasteiger partial charge in [-0.25, -0.2) is 0 Å². The maximum absolute atomic E-state index is 9.99. The Morgan fingerprint density at radius 3 is 2.75 bits per heavy atom. The van der Waals surface area contributed by atoms with E-state index in [1.54, 1.807) is 0 Å². The minimum atomic E-state index is -0.756. The van der Waals surface area contributed by atoms with Crippen molar-refractivity contribution in [3.63, 3.8) is 0 Å². The fourth-order valence-electron chi connectivity index (χ4n) is 1.39. The van der Waals surface area contributed by atoms with Crippen LogP contribution in [0.15, 0.2) is 11.4 Å². The highest BCUT2D eigenvalue weighted by molar-refractivity contribution is 7.03. The molecule has 0 bridgehead atoms. The van der Waals surface area contributed by atoms with Crippen molar-refractivity contribution in [3.05, 3.63) is 17.1 Å². The van der Waals surface area contributed by atoms with Gasteiger partial charge in [0, 0.05) is 5.38 Å². The van der Waals surface area contributed by atoms with Crippen molar-refractivity contribution >= 4 is 11.5 Å². The summed E-state index contributed by atoms with van der Waals surface area (Å²) in [5.41, 5.74) is 0.0370. The van der Waals surface area contributed by atoms with Gasteiger partial charge in [-0.05, 0) is 36.9 Å². The number of rotatable bonds is 3. The molecule has 1 aromatic rings. The zero-order chi connectivity index (χ0) is 9.19. The van der Waals surface area contributed by atoms with Crippen molar-refractivity contribution in [2.75, 3.05) is 0 Å². The Hall–Kier alpha value is -0.410. The molecule has 1 N–H and O–H groups in total. The van der Waals surface area contributed by atoms with E-state index in [1.165, 1.54) is 11.5 Å². The van der Waals surface area contributed by atoms with E-state index in [1.807, 2.05) is 18.4 Å². The quantitative estimate of drug-likeness (QED) is 0.784. The molecule has 0 radical (unpaired) electrons. The van der Waals surface area contributed by atoms with Crippen LogP contribution in [0.1, 0.15) is 32.9 Å². The van der Waals surface area contributed by atoms with Gasteiger partial charge in [0.05, 0.1) is 5.69 Å². The van der Waals surface area contributed by atoms with Crippen LogP contribution in [0, 0.1) is 5.92 Å². The fourth-order valence-corrected chi connectivity index (χ4v) is 2.01. The standard InChI is InChI=1S/C9H15NOS/c1-7(2)6-9(3,11)8-4-5-12-10-8/h4-5,7,11H,6H2,1-3H3. The summed E-state index contributed by atoms with van der Waals surface area (Å²) in [6.45, 7) is 6.02. The van der Waals surface area contributed by atoms with Crippen molar-refractivity contribution in [2.45, 2.75) is 32.8 Å². The van der Waals surface area contributed by atoms with Crippen molar-refractivity contribution in [1.82, 2.24) is 4.37 Å². The SMILES string of the molecule is CC(C)CC(C)(O)c1ccsn1. The Balaban J connectivity index is 2.72. The lowest BCUT2D eigenvalue weighted by Gasteiger charge is -2.22. The van der Waals surface area contributed by atoms with Crippen LogP contribution >= 0.6 is 11.5 Å². The Bertz CT molecular complexity index is 229. The van der Waals surface area contributed by atoms with Crippen LogP contribution in [0.2, 0.25) is 0 Å². The molecule has 0 saturated heterocycles. The molecule has 68 valence electrons. The van der Waals surface area contributed by atoms with Crippen LogP contribution in [0.3, 0.4) is 0 Å². The number of aliphatic hydroxyl groups is 1. The predicted octanol–water partition coefficient (Wildman–Crippen LogP) is 2.40. The first-order chi connectivity index (χ1) is 5.52. The first-order valence-electron chi connectivity index (χ1n) is 4.15. The van der Waals surface area contributed by atoms with Crippen LogP contribution in [0.4, 0.5) is 0 Å². The summed E-state index contributed by atoms with van der Waals surface area (Å²) >= 11 is 1.38. The minimum absolute atomic E-state index is 0.488. The molecule has 3 heteroatoms. The molecule has 0 amide bonds. The summed E-state index contributed by atoms with van der Waals surface area (Å²) in [5, 5.41) is 11.9. The van der Waals surface area contributed by atoms with E-state index >= 15 is 0 Å². The molecule has 0 aliphatic carbocycles. The summed E-state index contributed by atoms with van der Waals surface area (Å²) < 4.78 is 4.13. The summed E-state index contributed by atoms with van der Waals surface area (Å²) in [4.78, 5) is 0. The molecule has 12 heavy (non-hydrogen) atoms. The van der Waals surface area contributed by atoms with Crippen molar-refractivity contribution in [3.8, 4) is 0 Å². The van der Waals surface area contributed by atoms with Gasteiger partial charge in [0.25, 0.3) is 0 Å². The normalized spacial score (nSPS) is 16.4. The second-order valence-electron chi connectivity index (χ2n) is 3.76. The summed E-state index contributed by atoms with van der Waals surface area (Å²) in [6.07, 6.45) is 0.761. The summed E-state index contributed by atoms with van der Waals surface area (Å²) in [7, 11) is 0. The molecule has 1 rings (SSSR count).